The van der Waals surface area contributed by atoms with Crippen molar-refractivity contribution >= 4 is 21.6 Å². The van der Waals surface area contributed by atoms with Gasteiger partial charge in [0.15, 0.2) is 0 Å². The third-order valence-corrected chi connectivity index (χ3v) is 6.48. The summed E-state index contributed by atoms with van der Waals surface area (Å²) in [6.45, 7) is 3.90. The molecule has 0 unspecified atom stereocenters. The highest BCUT2D eigenvalue weighted by Gasteiger charge is 2.34. The third-order valence-electron chi connectivity index (χ3n) is 5.30. The molecule has 2 aromatic rings. The number of halogens is 1. The number of ether oxygens (including phenoxy) is 2. The van der Waals surface area contributed by atoms with Gasteiger partial charge in [-0.1, -0.05) is 12.1 Å². The number of nitrogens with one attached hydrogen (secondary N) is 1. The second-order valence-corrected chi connectivity index (χ2v) is 10.4. The fourth-order valence-electron chi connectivity index (χ4n) is 3.86. The van der Waals surface area contributed by atoms with Gasteiger partial charge in [0.05, 0.1) is 25.1 Å². The summed E-state index contributed by atoms with van der Waals surface area (Å²) in [6.07, 6.45) is 1.96. The number of rotatable bonds is 8. The van der Waals surface area contributed by atoms with Crippen molar-refractivity contribution in [1.82, 2.24) is 5.32 Å². The van der Waals surface area contributed by atoms with Crippen molar-refractivity contribution in [3.05, 3.63) is 53.8 Å². The van der Waals surface area contributed by atoms with E-state index in [1.807, 2.05) is 26.0 Å². The maximum atomic E-state index is 14.1. The lowest BCUT2D eigenvalue weighted by Gasteiger charge is -2.38. The van der Waals surface area contributed by atoms with Gasteiger partial charge in [-0.3, -0.25) is 9.10 Å². The number of carbonyl (C=O) groups excluding carboxylic acids is 1. The molecule has 0 aliphatic carbocycles. The Hall–Kier alpha value is -2.81. The number of hydrogen-bond donors (Lipinski definition) is 1. The number of benzene rings is 2. The fraction of sp³-hybridized carbons (Fsp3) is 0.435. The van der Waals surface area contributed by atoms with Crippen molar-refractivity contribution in [3.8, 4) is 11.5 Å². The Labute approximate surface area is 188 Å². The molecule has 1 amide bonds. The molecule has 1 N–H and O–H groups in total. The molecule has 9 heteroatoms. The molecule has 0 radical (unpaired) electrons. The smallest absolute Gasteiger partial charge is 0.232 e. The molecule has 1 atom stereocenters. The monoisotopic (exact) mass is 464 g/mol. The molecule has 32 heavy (non-hydrogen) atoms. The number of anilines is 1. The van der Waals surface area contributed by atoms with Crippen LogP contribution in [0, 0.1) is 5.82 Å². The van der Waals surface area contributed by atoms with Gasteiger partial charge >= 0.3 is 0 Å². The first-order chi connectivity index (χ1) is 15.0. The van der Waals surface area contributed by atoms with E-state index in [0.29, 0.717) is 17.9 Å². The van der Waals surface area contributed by atoms with Gasteiger partial charge in [0.1, 0.15) is 22.9 Å². The summed E-state index contributed by atoms with van der Waals surface area (Å²) in [5, 5.41) is 3.03. The molecule has 1 aliphatic heterocycles. The number of para-hydroxylation sites is 1. The number of amides is 1. The predicted molar refractivity (Wildman–Crippen MR) is 121 cm³/mol. The van der Waals surface area contributed by atoms with Crippen LogP contribution in [-0.2, 0) is 14.8 Å². The predicted octanol–water partition coefficient (Wildman–Crippen LogP) is 3.80. The van der Waals surface area contributed by atoms with Crippen LogP contribution < -0.4 is 19.1 Å². The molecule has 0 aromatic heterocycles. The van der Waals surface area contributed by atoms with Crippen LogP contribution in [0.2, 0.25) is 0 Å². The maximum Gasteiger partial charge on any atom is 0.232 e. The van der Waals surface area contributed by atoms with Gasteiger partial charge in [-0.05, 0) is 44.5 Å². The topological polar surface area (TPSA) is 84.9 Å². The van der Waals surface area contributed by atoms with E-state index in [1.54, 1.807) is 19.2 Å². The quantitative estimate of drug-likeness (QED) is 0.642. The van der Waals surface area contributed by atoms with Crippen LogP contribution in [0.1, 0.15) is 44.7 Å². The van der Waals surface area contributed by atoms with Crippen LogP contribution in [-0.4, -0.2) is 39.8 Å². The highest BCUT2D eigenvalue weighted by atomic mass is 32.2. The third kappa shape index (κ3) is 5.70. The number of carbonyl (C=O) groups is 1. The van der Waals surface area contributed by atoms with Crippen molar-refractivity contribution in [2.24, 2.45) is 0 Å². The lowest BCUT2D eigenvalue weighted by molar-refractivity contribution is -0.122. The Balaban J connectivity index is 1.66. The van der Waals surface area contributed by atoms with Gasteiger partial charge in [0, 0.05) is 31.0 Å². The molecular weight excluding hydrogens is 435 g/mol. The maximum absolute atomic E-state index is 14.1. The van der Waals surface area contributed by atoms with Crippen molar-refractivity contribution in [2.45, 2.75) is 44.8 Å². The summed E-state index contributed by atoms with van der Waals surface area (Å²) < 4.78 is 50.8. The van der Waals surface area contributed by atoms with Crippen molar-refractivity contribution in [3.63, 3.8) is 0 Å². The van der Waals surface area contributed by atoms with Gasteiger partial charge in [0.25, 0.3) is 0 Å². The van der Waals surface area contributed by atoms with E-state index in [1.165, 1.54) is 18.2 Å². The van der Waals surface area contributed by atoms with Crippen LogP contribution in [0.15, 0.2) is 42.5 Å². The van der Waals surface area contributed by atoms with Gasteiger partial charge in [-0.15, -0.1) is 0 Å². The van der Waals surface area contributed by atoms with Gasteiger partial charge < -0.3 is 14.8 Å². The summed E-state index contributed by atoms with van der Waals surface area (Å²) >= 11 is 0. The van der Waals surface area contributed by atoms with Crippen LogP contribution >= 0.6 is 0 Å². The molecule has 0 saturated heterocycles. The number of nitrogens with zero attached hydrogens (tertiary/aromatic N) is 1. The second kappa shape index (κ2) is 9.36. The number of sulfonamides is 1. The Morgan fingerprint density at radius 3 is 2.66 bits per heavy atom. The molecule has 0 bridgehead atoms. The fourth-order valence-corrected chi connectivity index (χ4v) is 4.82. The van der Waals surface area contributed by atoms with Crippen LogP contribution in [0.3, 0.4) is 0 Å². The Morgan fingerprint density at radius 2 is 2.00 bits per heavy atom. The Morgan fingerprint density at radius 1 is 1.28 bits per heavy atom. The second-order valence-electron chi connectivity index (χ2n) is 8.48. The van der Waals surface area contributed by atoms with E-state index >= 15 is 0 Å². The van der Waals surface area contributed by atoms with Crippen molar-refractivity contribution in [1.29, 1.82) is 0 Å². The number of methoxy groups -OCH3 is 1. The molecule has 3 rings (SSSR count). The zero-order chi connectivity index (χ0) is 23.5. The first-order valence-corrected chi connectivity index (χ1v) is 12.2. The lowest BCUT2D eigenvalue weighted by Crippen LogP contribution is -2.41. The SMILES string of the molecule is COc1ccc2c(c1)OC(C)(C)C[C@H]2NC(=O)CCCN(c1ccccc1F)S(C)(=O)=O. The minimum Gasteiger partial charge on any atom is -0.497 e. The zero-order valence-corrected chi connectivity index (χ0v) is 19.5. The van der Waals surface area contributed by atoms with E-state index in [-0.39, 0.29) is 37.0 Å². The molecule has 0 saturated carbocycles. The minimum absolute atomic E-state index is 0.000241. The summed E-state index contributed by atoms with van der Waals surface area (Å²) in [4.78, 5) is 12.7. The zero-order valence-electron chi connectivity index (χ0n) is 18.7. The Kier molecular flexibility index (Phi) is 6.97. The summed E-state index contributed by atoms with van der Waals surface area (Å²) in [5.74, 6) is 0.490. The molecule has 174 valence electrons. The average Bonchev–Trinajstić information content (AvgIpc) is 2.69. The molecule has 0 spiro atoms. The van der Waals surface area contributed by atoms with Crippen LogP contribution in [0.5, 0.6) is 11.5 Å². The van der Waals surface area contributed by atoms with Crippen molar-refractivity contribution < 1.29 is 27.1 Å². The first-order valence-electron chi connectivity index (χ1n) is 10.4. The van der Waals surface area contributed by atoms with Crippen molar-refractivity contribution in [2.75, 3.05) is 24.2 Å². The van der Waals surface area contributed by atoms with E-state index in [9.17, 15) is 17.6 Å². The van der Waals surface area contributed by atoms with Gasteiger partial charge in [0.2, 0.25) is 15.9 Å². The lowest BCUT2D eigenvalue weighted by atomic mass is 9.89. The highest BCUT2D eigenvalue weighted by Crippen LogP contribution is 2.41. The van der Waals surface area contributed by atoms with E-state index in [2.05, 4.69) is 5.32 Å². The summed E-state index contributed by atoms with van der Waals surface area (Å²) in [6, 6.07) is 10.9. The van der Waals surface area contributed by atoms with Crippen LogP contribution in [0.4, 0.5) is 10.1 Å². The average molecular weight is 465 g/mol. The number of fused-ring (bicyclic) bond motifs is 1. The molecule has 7 nitrogen and oxygen atoms in total. The molecule has 1 aliphatic rings. The molecule has 0 fully saturated rings. The summed E-state index contributed by atoms with van der Waals surface area (Å²) in [7, 11) is -2.11. The number of hydrogen-bond acceptors (Lipinski definition) is 5. The van der Waals surface area contributed by atoms with E-state index < -0.39 is 21.4 Å². The normalized spacial score (nSPS) is 17.1. The minimum atomic E-state index is -3.69. The molecular formula is C23H29FN2O5S. The van der Waals surface area contributed by atoms with Crippen LogP contribution in [0.25, 0.3) is 0 Å². The Bertz CT molecular complexity index is 1090. The van der Waals surface area contributed by atoms with Gasteiger partial charge in [-0.25, -0.2) is 12.8 Å². The first kappa shape index (κ1) is 23.8. The van der Waals surface area contributed by atoms with E-state index in [4.69, 9.17) is 9.47 Å². The van der Waals surface area contributed by atoms with E-state index in [0.717, 1.165) is 16.1 Å². The molecule has 2 aromatic carbocycles. The standard InChI is InChI=1S/C23H29FN2O5S/c1-23(2)15-19(17-12-11-16(30-3)14-21(17)31-23)25-22(27)10-7-13-26(32(4,28)29)20-9-6-5-8-18(20)24/h5-6,8-9,11-12,14,19H,7,10,13,15H2,1-4H3,(H,25,27)/t19-/m1/s1. The van der Waals surface area contributed by atoms with Gasteiger partial charge in [-0.2, -0.15) is 0 Å². The molecule has 1 heterocycles. The largest absolute Gasteiger partial charge is 0.497 e. The highest BCUT2D eigenvalue weighted by molar-refractivity contribution is 7.92. The summed E-state index contributed by atoms with van der Waals surface area (Å²) in [5.41, 5.74) is 0.363.